The first-order valence-electron chi connectivity index (χ1n) is 8.92. The first kappa shape index (κ1) is 16.3. The lowest BCUT2D eigenvalue weighted by Gasteiger charge is -2.49. The van der Waals surface area contributed by atoms with Crippen LogP contribution in [0.25, 0.3) is 0 Å². The van der Waals surface area contributed by atoms with E-state index in [4.69, 9.17) is 0 Å². The van der Waals surface area contributed by atoms with Gasteiger partial charge in [-0.05, 0) is 43.9 Å². The summed E-state index contributed by atoms with van der Waals surface area (Å²) in [7, 11) is 0. The van der Waals surface area contributed by atoms with Crippen molar-refractivity contribution >= 4 is 0 Å². The van der Waals surface area contributed by atoms with Gasteiger partial charge in [-0.25, -0.2) is 0 Å². The molecule has 0 amide bonds. The van der Waals surface area contributed by atoms with Crippen LogP contribution in [0.5, 0.6) is 0 Å². The second kappa shape index (κ2) is 6.79. The van der Waals surface area contributed by atoms with Crippen LogP contribution < -0.4 is 5.32 Å². The molecule has 1 saturated carbocycles. The fraction of sp³-hybridized carbons (Fsp3) is 1.00. The lowest BCUT2D eigenvalue weighted by molar-refractivity contribution is 0.0397. The predicted molar refractivity (Wildman–Crippen MR) is 88.0 cm³/mol. The van der Waals surface area contributed by atoms with Crippen molar-refractivity contribution in [3.8, 4) is 0 Å². The average Bonchev–Trinajstić information content (AvgIpc) is 2.41. The maximum absolute atomic E-state index is 3.81. The van der Waals surface area contributed by atoms with Crippen LogP contribution >= 0.6 is 0 Å². The highest BCUT2D eigenvalue weighted by Crippen LogP contribution is 2.31. The van der Waals surface area contributed by atoms with Gasteiger partial charge in [0.1, 0.15) is 0 Å². The maximum atomic E-state index is 3.81. The number of piperazine rings is 1. The Morgan fingerprint density at radius 2 is 1.85 bits per heavy atom. The van der Waals surface area contributed by atoms with Crippen molar-refractivity contribution in [2.24, 2.45) is 17.8 Å². The maximum Gasteiger partial charge on any atom is 0.0278 e. The molecule has 2 nitrogen and oxygen atoms in total. The third-order valence-electron chi connectivity index (χ3n) is 5.94. The first-order valence-corrected chi connectivity index (χ1v) is 8.92. The number of nitrogens with zero attached hydrogens (tertiary/aromatic N) is 1. The summed E-state index contributed by atoms with van der Waals surface area (Å²) in [6.45, 7) is 15.7. The second-order valence-electron chi connectivity index (χ2n) is 8.16. The van der Waals surface area contributed by atoms with Gasteiger partial charge in [0.05, 0.1) is 0 Å². The summed E-state index contributed by atoms with van der Waals surface area (Å²) in [6.07, 6.45) is 7.05. The summed E-state index contributed by atoms with van der Waals surface area (Å²) in [5.74, 6) is 2.68. The van der Waals surface area contributed by atoms with Crippen LogP contribution in [0.4, 0.5) is 0 Å². The van der Waals surface area contributed by atoms with Crippen molar-refractivity contribution in [3.63, 3.8) is 0 Å². The molecule has 1 saturated heterocycles. The van der Waals surface area contributed by atoms with E-state index in [0.29, 0.717) is 5.54 Å². The molecule has 0 aromatic rings. The van der Waals surface area contributed by atoms with E-state index in [2.05, 4.69) is 44.8 Å². The van der Waals surface area contributed by atoms with Gasteiger partial charge in [0.2, 0.25) is 0 Å². The molecule has 0 aromatic heterocycles. The van der Waals surface area contributed by atoms with Crippen molar-refractivity contribution in [1.29, 1.82) is 0 Å². The van der Waals surface area contributed by atoms with Crippen LogP contribution in [0.3, 0.4) is 0 Å². The summed E-state index contributed by atoms with van der Waals surface area (Å²) in [5.41, 5.74) is 0.327. The number of nitrogens with one attached hydrogen (secondary N) is 1. The average molecular weight is 280 g/mol. The minimum absolute atomic E-state index is 0.327. The van der Waals surface area contributed by atoms with Crippen LogP contribution in [-0.4, -0.2) is 36.1 Å². The summed E-state index contributed by atoms with van der Waals surface area (Å²) >= 11 is 0. The van der Waals surface area contributed by atoms with Gasteiger partial charge in [-0.3, -0.25) is 4.90 Å². The molecule has 118 valence electrons. The van der Waals surface area contributed by atoms with Crippen molar-refractivity contribution in [2.75, 3.05) is 19.6 Å². The Morgan fingerprint density at radius 3 is 2.40 bits per heavy atom. The number of hydrogen-bond donors (Lipinski definition) is 1. The van der Waals surface area contributed by atoms with Crippen LogP contribution in [0, 0.1) is 17.8 Å². The molecule has 0 spiro atoms. The highest BCUT2D eigenvalue weighted by atomic mass is 15.3. The van der Waals surface area contributed by atoms with Gasteiger partial charge >= 0.3 is 0 Å². The molecule has 2 fully saturated rings. The van der Waals surface area contributed by atoms with Gasteiger partial charge in [-0.1, -0.05) is 40.5 Å². The fourth-order valence-electron chi connectivity index (χ4n) is 4.04. The molecule has 20 heavy (non-hydrogen) atoms. The third-order valence-corrected chi connectivity index (χ3v) is 5.94. The molecule has 0 radical (unpaired) electrons. The predicted octanol–water partition coefficient (Wildman–Crippen LogP) is 3.91. The minimum atomic E-state index is 0.327. The summed E-state index contributed by atoms with van der Waals surface area (Å²) in [5, 5.41) is 3.81. The Kier molecular flexibility index (Phi) is 5.53. The SMILES string of the molecule is CCC1(C)CN(CC2CCC(C)CC2)C(C(C)C)CN1. The zero-order valence-electron chi connectivity index (χ0n) is 14.4. The molecule has 0 bridgehead atoms. The van der Waals surface area contributed by atoms with E-state index in [-0.39, 0.29) is 0 Å². The summed E-state index contributed by atoms with van der Waals surface area (Å²) in [4.78, 5) is 2.82. The second-order valence-corrected chi connectivity index (χ2v) is 8.16. The van der Waals surface area contributed by atoms with Crippen LogP contribution in [0.1, 0.15) is 66.7 Å². The molecular formula is C18H36N2. The van der Waals surface area contributed by atoms with E-state index in [1.165, 1.54) is 51.7 Å². The van der Waals surface area contributed by atoms with Gasteiger partial charge in [0, 0.05) is 31.2 Å². The Balaban J connectivity index is 1.96. The molecule has 1 aliphatic carbocycles. The van der Waals surface area contributed by atoms with E-state index in [0.717, 1.165) is 23.8 Å². The molecule has 2 rings (SSSR count). The van der Waals surface area contributed by atoms with Gasteiger partial charge in [-0.2, -0.15) is 0 Å². The summed E-state index contributed by atoms with van der Waals surface area (Å²) in [6, 6.07) is 0.731. The first-order chi connectivity index (χ1) is 9.43. The number of rotatable bonds is 4. The van der Waals surface area contributed by atoms with E-state index in [1.807, 2.05) is 0 Å². The smallest absolute Gasteiger partial charge is 0.0278 e. The van der Waals surface area contributed by atoms with Crippen molar-refractivity contribution in [3.05, 3.63) is 0 Å². The van der Waals surface area contributed by atoms with Gasteiger partial charge < -0.3 is 5.32 Å². The van der Waals surface area contributed by atoms with Crippen LogP contribution in [-0.2, 0) is 0 Å². The van der Waals surface area contributed by atoms with Crippen LogP contribution in [0.15, 0.2) is 0 Å². The topological polar surface area (TPSA) is 15.3 Å². The van der Waals surface area contributed by atoms with Crippen molar-refractivity contribution in [1.82, 2.24) is 10.2 Å². The standard InChI is InChI=1S/C18H36N2/c1-6-18(5)13-20(17(11-19-18)14(2)3)12-16-9-7-15(4)8-10-16/h14-17,19H,6-13H2,1-5H3. The Hall–Kier alpha value is -0.0800. The highest BCUT2D eigenvalue weighted by molar-refractivity contribution is 4.96. The van der Waals surface area contributed by atoms with Crippen molar-refractivity contribution in [2.45, 2.75) is 78.3 Å². The molecule has 2 aliphatic rings. The quantitative estimate of drug-likeness (QED) is 0.840. The Labute approximate surface area is 126 Å². The Morgan fingerprint density at radius 1 is 1.20 bits per heavy atom. The van der Waals surface area contributed by atoms with Crippen LogP contribution in [0.2, 0.25) is 0 Å². The lowest BCUT2D eigenvalue weighted by atomic mass is 9.81. The van der Waals surface area contributed by atoms with Gasteiger partial charge in [0.15, 0.2) is 0 Å². The van der Waals surface area contributed by atoms with Crippen molar-refractivity contribution < 1.29 is 0 Å². The van der Waals surface area contributed by atoms with Gasteiger partial charge in [-0.15, -0.1) is 0 Å². The van der Waals surface area contributed by atoms with E-state index < -0.39 is 0 Å². The summed E-state index contributed by atoms with van der Waals surface area (Å²) < 4.78 is 0. The highest BCUT2D eigenvalue weighted by Gasteiger charge is 2.36. The molecule has 1 heterocycles. The monoisotopic (exact) mass is 280 g/mol. The molecule has 1 N–H and O–H groups in total. The number of hydrogen-bond acceptors (Lipinski definition) is 2. The molecule has 2 heteroatoms. The third kappa shape index (κ3) is 3.98. The van der Waals surface area contributed by atoms with E-state index in [1.54, 1.807) is 0 Å². The molecule has 1 aliphatic heterocycles. The fourth-order valence-corrected chi connectivity index (χ4v) is 4.04. The molecule has 0 aromatic carbocycles. The Bertz CT molecular complexity index is 294. The zero-order valence-corrected chi connectivity index (χ0v) is 14.4. The lowest BCUT2D eigenvalue weighted by Crippen LogP contribution is -2.64. The largest absolute Gasteiger partial charge is 0.309 e. The van der Waals surface area contributed by atoms with E-state index in [9.17, 15) is 0 Å². The normalized spacial score (nSPS) is 40.2. The molecule has 2 unspecified atom stereocenters. The zero-order chi connectivity index (χ0) is 14.8. The van der Waals surface area contributed by atoms with Gasteiger partial charge in [0.25, 0.3) is 0 Å². The minimum Gasteiger partial charge on any atom is -0.309 e. The molecular weight excluding hydrogens is 244 g/mol. The van der Waals surface area contributed by atoms with E-state index >= 15 is 0 Å². The molecule has 2 atom stereocenters.